The van der Waals surface area contributed by atoms with Crippen molar-refractivity contribution in [3.63, 3.8) is 0 Å². The molecule has 1 aliphatic carbocycles. The van der Waals surface area contributed by atoms with Crippen LogP contribution in [0.1, 0.15) is 55.1 Å². The molecule has 1 saturated carbocycles. The largest absolute Gasteiger partial charge is 0.449 e. The van der Waals surface area contributed by atoms with E-state index in [9.17, 15) is 9.59 Å². The molecule has 1 aliphatic rings. The van der Waals surface area contributed by atoms with Crippen LogP contribution >= 0.6 is 0 Å². The van der Waals surface area contributed by atoms with Crippen LogP contribution in [0.15, 0.2) is 30.3 Å². The Kier molecular flexibility index (Phi) is 5.86. The van der Waals surface area contributed by atoms with E-state index in [0.29, 0.717) is 18.0 Å². The Morgan fingerprint density at radius 3 is 2.73 bits per heavy atom. The number of pyridine rings is 1. The third-order valence-electron chi connectivity index (χ3n) is 5.01. The summed E-state index contributed by atoms with van der Waals surface area (Å²) in [5, 5.41) is 3.66. The van der Waals surface area contributed by atoms with Crippen molar-refractivity contribution in [2.75, 3.05) is 6.54 Å². The molecule has 0 bridgehead atoms. The second-order valence-corrected chi connectivity index (χ2v) is 7.13. The number of hydrogen-bond donors (Lipinski definition) is 1. The Morgan fingerprint density at radius 1 is 1.23 bits per heavy atom. The van der Waals surface area contributed by atoms with Crippen LogP contribution in [-0.4, -0.2) is 29.5 Å². The van der Waals surface area contributed by atoms with Gasteiger partial charge in [-0.05, 0) is 44.7 Å². The molecule has 5 nitrogen and oxygen atoms in total. The Labute approximate surface area is 154 Å². The normalized spacial score (nSPS) is 16.2. The summed E-state index contributed by atoms with van der Waals surface area (Å²) in [6, 6.07) is 9.14. The number of amides is 1. The van der Waals surface area contributed by atoms with Crippen molar-refractivity contribution in [3.8, 4) is 0 Å². The minimum absolute atomic E-state index is 0.237. The molecule has 0 unspecified atom stereocenters. The van der Waals surface area contributed by atoms with Crippen molar-refractivity contribution in [2.45, 2.75) is 52.1 Å². The van der Waals surface area contributed by atoms with Gasteiger partial charge in [0.15, 0.2) is 6.10 Å². The average molecular weight is 354 g/mol. The second kappa shape index (κ2) is 8.30. The topological polar surface area (TPSA) is 68.3 Å². The molecular formula is C21H26N2O3. The first-order valence-electron chi connectivity index (χ1n) is 9.39. The van der Waals surface area contributed by atoms with E-state index < -0.39 is 12.1 Å². The quantitative estimate of drug-likeness (QED) is 0.830. The number of para-hydroxylation sites is 1. The number of esters is 1. The zero-order chi connectivity index (χ0) is 18.5. The lowest BCUT2D eigenvalue weighted by Crippen LogP contribution is -2.38. The Balaban J connectivity index is 1.63. The highest BCUT2D eigenvalue weighted by Crippen LogP contribution is 2.23. The van der Waals surface area contributed by atoms with E-state index in [0.717, 1.165) is 29.4 Å². The maximum absolute atomic E-state index is 12.6. The molecule has 1 atom stereocenters. The van der Waals surface area contributed by atoms with Gasteiger partial charge in [0.2, 0.25) is 0 Å². The van der Waals surface area contributed by atoms with Gasteiger partial charge in [-0.15, -0.1) is 0 Å². The summed E-state index contributed by atoms with van der Waals surface area (Å²) in [6.45, 7) is 4.12. The summed E-state index contributed by atoms with van der Waals surface area (Å²) in [5.74, 6) is -0.187. The number of carbonyl (C=O) groups is 2. The molecule has 0 radical (unpaired) electrons. The van der Waals surface area contributed by atoms with Crippen LogP contribution in [-0.2, 0) is 9.53 Å². The minimum atomic E-state index is -0.821. The maximum atomic E-state index is 12.6. The lowest BCUT2D eigenvalue weighted by atomic mass is 9.89. The van der Waals surface area contributed by atoms with Gasteiger partial charge in [-0.2, -0.15) is 0 Å². The van der Waals surface area contributed by atoms with Gasteiger partial charge in [-0.1, -0.05) is 37.5 Å². The van der Waals surface area contributed by atoms with Crippen molar-refractivity contribution < 1.29 is 14.3 Å². The molecule has 3 rings (SSSR count). The van der Waals surface area contributed by atoms with Gasteiger partial charge in [0.1, 0.15) is 0 Å². The fourth-order valence-electron chi connectivity index (χ4n) is 3.53. The monoisotopic (exact) mass is 354 g/mol. The van der Waals surface area contributed by atoms with Crippen LogP contribution < -0.4 is 5.32 Å². The van der Waals surface area contributed by atoms with E-state index in [2.05, 4.69) is 10.3 Å². The van der Waals surface area contributed by atoms with Gasteiger partial charge >= 0.3 is 5.97 Å². The van der Waals surface area contributed by atoms with Crippen molar-refractivity contribution >= 4 is 22.8 Å². The first-order chi connectivity index (χ1) is 12.5. The fraction of sp³-hybridized carbons (Fsp3) is 0.476. The number of aromatic nitrogens is 1. The molecule has 1 fully saturated rings. The smallest absolute Gasteiger partial charge is 0.339 e. The molecule has 5 heteroatoms. The zero-order valence-electron chi connectivity index (χ0n) is 15.5. The lowest BCUT2D eigenvalue weighted by molar-refractivity contribution is -0.129. The third kappa shape index (κ3) is 4.40. The van der Waals surface area contributed by atoms with Crippen LogP contribution in [0.5, 0.6) is 0 Å². The molecule has 1 amide bonds. The van der Waals surface area contributed by atoms with Gasteiger partial charge < -0.3 is 10.1 Å². The van der Waals surface area contributed by atoms with Gasteiger partial charge in [0, 0.05) is 17.6 Å². The SMILES string of the molecule is Cc1cc(C(=O)O[C@@H](C)C(=O)NCC2CCCCC2)c2ccccc2n1. The van der Waals surface area contributed by atoms with E-state index in [1.807, 2.05) is 31.2 Å². The molecule has 0 saturated heterocycles. The first kappa shape index (κ1) is 18.4. The molecule has 2 aromatic rings. The van der Waals surface area contributed by atoms with Crippen LogP contribution in [0.25, 0.3) is 10.9 Å². The fourth-order valence-corrected chi connectivity index (χ4v) is 3.53. The summed E-state index contributed by atoms with van der Waals surface area (Å²) >= 11 is 0. The molecule has 1 N–H and O–H groups in total. The summed E-state index contributed by atoms with van der Waals surface area (Å²) < 4.78 is 5.42. The standard InChI is InChI=1S/C21H26N2O3/c1-14-12-18(17-10-6-7-11-19(17)23-14)21(25)26-15(2)20(24)22-13-16-8-4-3-5-9-16/h6-7,10-12,15-16H,3-5,8-9,13H2,1-2H3,(H,22,24)/t15-/m0/s1. The van der Waals surface area contributed by atoms with Crippen LogP contribution in [0.4, 0.5) is 0 Å². The number of carbonyl (C=O) groups excluding carboxylic acids is 2. The maximum Gasteiger partial charge on any atom is 0.339 e. The van der Waals surface area contributed by atoms with E-state index in [-0.39, 0.29) is 5.91 Å². The van der Waals surface area contributed by atoms with Crippen molar-refractivity contribution in [1.29, 1.82) is 0 Å². The second-order valence-electron chi connectivity index (χ2n) is 7.13. The van der Waals surface area contributed by atoms with Crippen LogP contribution in [0, 0.1) is 12.8 Å². The third-order valence-corrected chi connectivity index (χ3v) is 5.01. The van der Waals surface area contributed by atoms with Gasteiger partial charge in [0.25, 0.3) is 5.91 Å². The highest BCUT2D eigenvalue weighted by atomic mass is 16.5. The van der Waals surface area contributed by atoms with E-state index in [1.54, 1.807) is 13.0 Å². The van der Waals surface area contributed by atoms with E-state index in [4.69, 9.17) is 4.74 Å². The summed E-state index contributed by atoms with van der Waals surface area (Å²) in [7, 11) is 0. The highest BCUT2D eigenvalue weighted by Gasteiger charge is 2.22. The van der Waals surface area contributed by atoms with Crippen molar-refractivity contribution in [2.24, 2.45) is 5.92 Å². The number of nitrogens with zero attached hydrogens (tertiary/aromatic N) is 1. The molecule has 1 aromatic heterocycles. The predicted molar refractivity (Wildman–Crippen MR) is 101 cm³/mol. The number of aryl methyl sites for hydroxylation is 1. The Hall–Kier alpha value is -2.43. The number of hydrogen-bond acceptors (Lipinski definition) is 4. The van der Waals surface area contributed by atoms with Crippen LogP contribution in [0.2, 0.25) is 0 Å². The summed E-state index contributed by atoms with van der Waals surface area (Å²) in [6.07, 6.45) is 5.27. The predicted octanol–water partition coefficient (Wildman–Crippen LogP) is 3.79. The van der Waals surface area contributed by atoms with Crippen molar-refractivity contribution in [1.82, 2.24) is 10.3 Å². The number of rotatable bonds is 5. The van der Waals surface area contributed by atoms with Gasteiger partial charge in [-0.3, -0.25) is 9.78 Å². The number of nitrogens with one attached hydrogen (secondary N) is 1. The Bertz CT molecular complexity index is 797. The Morgan fingerprint density at radius 2 is 1.96 bits per heavy atom. The average Bonchev–Trinajstić information content (AvgIpc) is 2.66. The molecular weight excluding hydrogens is 328 g/mol. The number of ether oxygens (including phenoxy) is 1. The molecule has 1 aromatic carbocycles. The molecule has 26 heavy (non-hydrogen) atoms. The van der Waals surface area contributed by atoms with E-state index in [1.165, 1.54) is 19.3 Å². The highest BCUT2D eigenvalue weighted by molar-refractivity contribution is 6.04. The van der Waals surface area contributed by atoms with Gasteiger partial charge in [-0.25, -0.2) is 4.79 Å². The zero-order valence-corrected chi connectivity index (χ0v) is 15.5. The molecule has 0 spiro atoms. The van der Waals surface area contributed by atoms with Crippen molar-refractivity contribution in [3.05, 3.63) is 41.6 Å². The molecule has 0 aliphatic heterocycles. The molecule has 1 heterocycles. The van der Waals surface area contributed by atoms with Gasteiger partial charge in [0.05, 0.1) is 11.1 Å². The van der Waals surface area contributed by atoms with Crippen LogP contribution in [0.3, 0.4) is 0 Å². The number of fused-ring (bicyclic) bond motifs is 1. The molecule has 138 valence electrons. The summed E-state index contributed by atoms with van der Waals surface area (Å²) in [4.78, 5) is 29.3. The lowest BCUT2D eigenvalue weighted by Gasteiger charge is -2.22. The summed E-state index contributed by atoms with van der Waals surface area (Å²) in [5.41, 5.74) is 1.93. The number of benzene rings is 1. The van der Waals surface area contributed by atoms with E-state index >= 15 is 0 Å². The minimum Gasteiger partial charge on any atom is -0.449 e. The first-order valence-corrected chi connectivity index (χ1v) is 9.39.